The summed E-state index contributed by atoms with van der Waals surface area (Å²) in [6, 6.07) is 20.2. The highest BCUT2D eigenvalue weighted by molar-refractivity contribution is 5.98. The van der Waals surface area contributed by atoms with Crippen LogP contribution in [0.1, 0.15) is 30.5 Å². The average molecular weight is 496 g/mol. The molecule has 2 N–H and O–H groups in total. The van der Waals surface area contributed by atoms with Crippen LogP contribution < -0.4 is 20.2 Å². The lowest BCUT2D eigenvalue weighted by Gasteiger charge is -2.19. The smallest absolute Gasteiger partial charge is 0.487 e. The number of halogens is 3. The van der Waals surface area contributed by atoms with Crippen molar-refractivity contribution in [3.8, 4) is 11.5 Å². The fourth-order valence-electron chi connectivity index (χ4n) is 4.42. The number of nitrogens with one attached hydrogen (secondary N) is 2. The molecule has 0 fully saturated rings. The molecule has 36 heavy (non-hydrogen) atoms. The molecule has 0 spiro atoms. The van der Waals surface area contributed by atoms with E-state index in [4.69, 9.17) is 4.74 Å². The van der Waals surface area contributed by atoms with E-state index in [0.717, 1.165) is 28.9 Å². The Balaban J connectivity index is 1.37. The van der Waals surface area contributed by atoms with Crippen molar-refractivity contribution in [2.45, 2.75) is 32.2 Å². The molecule has 9 heteroatoms. The molecule has 0 unspecified atom stereocenters. The molecule has 2 aliphatic rings. The minimum absolute atomic E-state index is 0.257. The molecule has 0 radical (unpaired) electrons. The Bertz CT molecular complexity index is 1320. The molecule has 6 nitrogen and oxygen atoms in total. The van der Waals surface area contributed by atoms with Gasteiger partial charge in [0.05, 0.1) is 12.2 Å². The van der Waals surface area contributed by atoms with Gasteiger partial charge < -0.3 is 14.8 Å². The Morgan fingerprint density at radius 2 is 1.75 bits per heavy atom. The van der Waals surface area contributed by atoms with Crippen molar-refractivity contribution in [1.82, 2.24) is 10.4 Å². The second-order valence-corrected chi connectivity index (χ2v) is 9.28. The van der Waals surface area contributed by atoms with Gasteiger partial charge in [0, 0.05) is 28.8 Å². The van der Waals surface area contributed by atoms with E-state index < -0.39 is 6.36 Å². The molecule has 2 amide bonds. The van der Waals surface area contributed by atoms with Crippen molar-refractivity contribution in [2.75, 3.05) is 11.9 Å². The first-order valence-electron chi connectivity index (χ1n) is 11.4. The van der Waals surface area contributed by atoms with Crippen molar-refractivity contribution in [1.29, 1.82) is 0 Å². The summed E-state index contributed by atoms with van der Waals surface area (Å²) in [5.41, 5.74) is 7.47. The number of rotatable bonds is 4. The second kappa shape index (κ2) is 8.82. The van der Waals surface area contributed by atoms with Gasteiger partial charge in [0.25, 0.3) is 0 Å². The zero-order valence-electron chi connectivity index (χ0n) is 19.6. The van der Waals surface area contributed by atoms with Gasteiger partial charge >= 0.3 is 12.4 Å². The number of nitrogens with zero attached hydrogens (tertiary/aromatic N) is 1. The van der Waals surface area contributed by atoms with Crippen molar-refractivity contribution in [3.63, 3.8) is 0 Å². The van der Waals surface area contributed by atoms with E-state index in [9.17, 15) is 18.0 Å². The van der Waals surface area contributed by atoms with Gasteiger partial charge in [0.15, 0.2) is 0 Å². The third-order valence-corrected chi connectivity index (χ3v) is 5.92. The Morgan fingerprint density at radius 1 is 1.03 bits per heavy atom. The summed E-state index contributed by atoms with van der Waals surface area (Å²) in [6.45, 7) is 4.28. The number of hydrazine groups is 1. The van der Waals surface area contributed by atoms with Gasteiger partial charge in [-0.1, -0.05) is 30.3 Å². The molecule has 0 atom stereocenters. The number of carbonyl (C=O) groups excluding carboxylic acids is 1. The van der Waals surface area contributed by atoms with E-state index in [1.807, 2.05) is 56.3 Å². The Labute approximate surface area is 206 Å². The van der Waals surface area contributed by atoms with Crippen LogP contribution in [0.15, 0.2) is 72.8 Å². The first kappa shape index (κ1) is 23.6. The molecular formula is C27H24F3N3O3. The highest BCUT2D eigenvalue weighted by Gasteiger charge is 2.32. The summed E-state index contributed by atoms with van der Waals surface area (Å²) in [5, 5.41) is 4.35. The van der Waals surface area contributed by atoms with Crippen molar-refractivity contribution in [2.24, 2.45) is 0 Å². The summed E-state index contributed by atoms with van der Waals surface area (Å²) in [4.78, 5) is 13.2. The average Bonchev–Trinajstić information content (AvgIpc) is 3.39. The van der Waals surface area contributed by atoms with E-state index in [0.29, 0.717) is 16.9 Å². The van der Waals surface area contributed by atoms with E-state index in [1.54, 1.807) is 6.07 Å². The lowest BCUT2D eigenvalue weighted by molar-refractivity contribution is -0.274. The van der Waals surface area contributed by atoms with Crippen LogP contribution in [0.5, 0.6) is 11.5 Å². The van der Waals surface area contributed by atoms with E-state index in [-0.39, 0.29) is 23.9 Å². The molecule has 0 saturated heterocycles. The molecular weight excluding hydrogens is 471 g/mol. The van der Waals surface area contributed by atoms with Gasteiger partial charge in [-0.05, 0) is 61.9 Å². The molecule has 0 bridgehead atoms. The summed E-state index contributed by atoms with van der Waals surface area (Å²) >= 11 is 0. The lowest BCUT2D eigenvalue weighted by Crippen LogP contribution is -2.40. The molecule has 2 heterocycles. The number of urea groups is 1. The SMILES string of the molecule is CC1(C)Cc2cc(NC(=O)N3CC(c4ccccc4)=C(c4ccc(OC(F)(F)F)cc4)N3)ccc2O1. The number of hydrogen-bond donors (Lipinski definition) is 2. The van der Waals surface area contributed by atoms with E-state index in [2.05, 4.69) is 15.5 Å². The second-order valence-electron chi connectivity index (χ2n) is 9.28. The fourth-order valence-corrected chi connectivity index (χ4v) is 4.42. The van der Waals surface area contributed by atoms with Crippen LogP contribution in [-0.2, 0) is 6.42 Å². The third-order valence-electron chi connectivity index (χ3n) is 5.92. The van der Waals surface area contributed by atoms with Crippen LogP contribution in [0.25, 0.3) is 11.3 Å². The predicted octanol–water partition coefficient (Wildman–Crippen LogP) is 6.22. The number of hydrogen-bond acceptors (Lipinski definition) is 4. The summed E-state index contributed by atoms with van der Waals surface area (Å²) in [6.07, 6.45) is -4.03. The highest BCUT2D eigenvalue weighted by Crippen LogP contribution is 2.37. The number of amides is 2. The fraction of sp³-hybridized carbons (Fsp3) is 0.222. The van der Waals surface area contributed by atoms with Gasteiger partial charge in [0.2, 0.25) is 0 Å². The minimum atomic E-state index is -4.77. The molecule has 3 aromatic rings. The van der Waals surface area contributed by atoms with Crippen molar-refractivity contribution in [3.05, 3.63) is 89.5 Å². The van der Waals surface area contributed by atoms with Crippen molar-refractivity contribution >= 4 is 23.0 Å². The number of fused-ring (bicyclic) bond motifs is 1. The van der Waals surface area contributed by atoms with Crippen LogP contribution in [0, 0.1) is 0 Å². The number of benzene rings is 3. The maximum absolute atomic E-state index is 13.2. The molecule has 0 aromatic heterocycles. The van der Waals surface area contributed by atoms with Crippen LogP contribution in [0.3, 0.4) is 0 Å². The molecule has 186 valence electrons. The Morgan fingerprint density at radius 3 is 2.44 bits per heavy atom. The molecule has 3 aromatic carbocycles. The lowest BCUT2D eigenvalue weighted by atomic mass is 10.0. The molecule has 0 saturated carbocycles. The summed E-state index contributed by atoms with van der Waals surface area (Å²) in [5.74, 6) is 0.495. The van der Waals surface area contributed by atoms with E-state index >= 15 is 0 Å². The van der Waals surface area contributed by atoms with Crippen LogP contribution in [0.4, 0.5) is 23.7 Å². The standard InChI is InChI=1S/C27H24F3N3O3/c1-26(2)15-19-14-20(10-13-23(19)36-26)31-25(34)33-16-22(17-6-4-3-5-7-17)24(32-33)18-8-11-21(12-9-18)35-27(28,29)30/h3-14,32H,15-16H2,1-2H3,(H,31,34). The maximum atomic E-state index is 13.2. The Kier molecular flexibility index (Phi) is 5.78. The molecule has 2 aliphatic heterocycles. The quantitative estimate of drug-likeness (QED) is 0.451. The predicted molar refractivity (Wildman–Crippen MR) is 130 cm³/mol. The van der Waals surface area contributed by atoms with Crippen LogP contribution in [0.2, 0.25) is 0 Å². The van der Waals surface area contributed by atoms with Gasteiger partial charge in [-0.3, -0.25) is 5.43 Å². The number of alkyl halides is 3. The first-order chi connectivity index (χ1) is 17.1. The normalized spacial score (nSPS) is 16.3. The summed E-state index contributed by atoms with van der Waals surface area (Å²) < 4.78 is 47.5. The Hall–Kier alpha value is -4.14. The minimum Gasteiger partial charge on any atom is -0.487 e. The largest absolute Gasteiger partial charge is 0.573 e. The monoisotopic (exact) mass is 495 g/mol. The molecule has 0 aliphatic carbocycles. The third kappa shape index (κ3) is 5.10. The zero-order chi connectivity index (χ0) is 25.5. The summed E-state index contributed by atoms with van der Waals surface area (Å²) in [7, 11) is 0. The highest BCUT2D eigenvalue weighted by atomic mass is 19.4. The number of anilines is 1. The zero-order valence-corrected chi connectivity index (χ0v) is 19.6. The topological polar surface area (TPSA) is 62.8 Å². The van der Waals surface area contributed by atoms with Gasteiger partial charge in [-0.2, -0.15) is 0 Å². The van der Waals surface area contributed by atoms with Crippen molar-refractivity contribution < 1.29 is 27.4 Å². The first-order valence-corrected chi connectivity index (χ1v) is 11.4. The molecule has 5 rings (SSSR count). The van der Waals surface area contributed by atoms with Gasteiger partial charge in [-0.25, -0.2) is 9.80 Å². The van der Waals surface area contributed by atoms with Crippen LogP contribution >= 0.6 is 0 Å². The van der Waals surface area contributed by atoms with Gasteiger partial charge in [-0.15, -0.1) is 13.2 Å². The van der Waals surface area contributed by atoms with Gasteiger partial charge in [0.1, 0.15) is 17.1 Å². The van der Waals surface area contributed by atoms with Crippen LogP contribution in [-0.4, -0.2) is 29.5 Å². The maximum Gasteiger partial charge on any atom is 0.573 e. The van der Waals surface area contributed by atoms with E-state index in [1.165, 1.54) is 29.3 Å². The number of ether oxygens (including phenoxy) is 2. The number of carbonyl (C=O) groups is 1.